The van der Waals surface area contributed by atoms with Crippen molar-refractivity contribution in [3.05, 3.63) is 30.1 Å². The average molecular weight is 508 g/mol. The topological polar surface area (TPSA) is 58.1 Å². The summed E-state index contributed by atoms with van der Waals surface area (Å²) in [6, 6.07) is 6.49. The van der Waals surface area contributed by atoms with E-state index in [0.717, 1.165) is 38.8 Å². The third kappa shape index (κ3) is 8.48. The largest absolute Gasteiger partial charge is 0.489 e. The van der Waals surface area contributed by atoms with Gasteiger partial charge in [-0.25, -0.2) is 4.39 Å². The van der Waals surface area contributed by atoms with E-state index in [4.69, 9.17) is 9.47 Å². The summed E-state index contributed by atoms with van der Waals surface area (Å²) in [5.74, 6) is 1.68. The number of hydrogen-bond donors (Lipinski definition) is 2. The molecule has 6 nitrogen and oxygen atoms in total. The summed E-state index contributed by atoms with van der Waals surface area (Å²) in [5.41, 5.74) is 0. The molecule has 0 bridgehead atoms. The zero-order valence-corrected chi connectivity index (χ0v) is 19.6. The lowest BCUT2D eigenvalue weighted by Gasteiger charge is -2.37. The normalized spacial score (nSPS) is 17.6. The third-order valence-corrected chi connectivity index (χ3v) is 4.69. The number of ether oxygens (including phenoxy) is 2. The first-order valence-electron chi connectivity index (χ1n) is 9.68. The lowest BCUT2D eigenvalue weighted by Crippen LogP contribution is -2.53. The SMILES string of the molecule is CN=C(NCC(C)Oc1ccc(F)cc1)NCC(C(C)C)N1CCOCC1.I. The van der Waals surface area contributed by atoms with Gasteiger partial charge in [-0.1, -0.05) is 13.8 Å². The van der Waals surface area contributed by atoms with Crippen LogP contribution < -0.4 is 15.4 Å². The zero-order valence-electron chi connectivity index (χ0n) is 17.3. The van der Waals surface area contributed by atoms with Gasteiger partial charge in [0, 0.05) is 32.7 Å². The van der Waals surface area contributed by atoms with Gasteiger partial charge in [0.05, 0.1) is 19.8 Å². The van der Waals surface area contributed by atoms with Gasteiger partial charge in [-0.05, 0) is 37.1 Å². The molecule has 8 heteroatoms. The van der Waals surface area contributed by atoms with E-state index in [9.17, 15) is 4.39 Å². The highest BCUT2D eigenvalue weighted by Crippen LogP contribution is 2.13. The number of halogens is 2. The van der Waals surface area contributed by atoms with Crippen LogP contribution in [0.3, 0.4) is 0 Å². The van der Waals surface area contributed by atoms with Crippen LogP contribution in [0.25, 0.3) is 0 Å². The second-order valence-electron chi connectivity index (χ2n) is 7.18. The maximum atomic E-state index is 13.0. The van der Waals surface area contributed by atoms with E-state index in [-0.39, 0.29) is 35.9 Å². The van der Waals surface area contributed by atoms with Gasteiger partial charge in [0.1, 0.15) is 17.7 Å². The molecule has 1 aromatic carbocycles. The second-order valence-corrected chi connectivity index (χ2v) is 7.18. The summed E-state index contributed by atoms with van der Waals surface area (Å²) in [6.45, 7) is 11.4. The lowest BCUT2D eigenvalue weighted by molar-refractivity contribution is 0.00751. The van der Waals surface area contributed by atoms with Gasteiger partial charge in [-0.3, -0.25) is 9.89 Å². The molecule has 1 saturated heterocycles. The van der Waals surface area contributed by atoms with E-state index in [1.807, 2.05) is 6.92 Å². The predicted octanol–water partition coefficient (Wildman–Crippen LogP) is 2.73. The molecule has 1 heterocycles. The first-order valence-corrected chi connectivity index (χ1v) is 9.68. The molecule has 2 atom stereocenters. The van der Waals surface area contributed by atoms with Crippen molar-refractivity contribution in [3.63, 3.8) is 0 Å². The Labute approximate surface area is 185 Å². The van der Waals surface area contributed by atoms with E-state index in [1.165, 1.54) is 12.1 Å². The van der Waals surface area contributed by atoms with Gasteiger partial charge in [-0.2, -0.15) is 0 Å². The maximum absolute atomic E-state index is 13.0. The molecule has 0 amide bonds. The number of aliphatic imine (C=N–C) groups is 1. The molecule has 2 rings (SSSR count). The number of guanidine groups is 1. The Morgan fingerprint density at radius 1 is 1.14 bits per heavy atom. The van der Waals surface area contributed by atoms with E-state index in [0.29, 0.717) is 24.3 Å². The Hall–Kier alpha value is -1.13. The number of morpholine rings is 1. The Morgan fingerprint density at radius 3 is 2.32 bits per heavy atom. The summed E-state index contributed by atoms with van der Waals surface area (Å²) in [6.07, 6.45) is -0.0749. The Bertz CT molecular complexity index is 580. The standard InChI is InChI=1S/C20H33FN4O2.HI/c1-15(2)19(25-9-11-26-12-10-25)14-24-20(22-4)23-13-16(3)27-18-7-5-17(21)6-8-18;/h5-8,15-16,19H,9-14H2,1-4H3,(H2,22,23,24);1H. The van der Waals surface area contributed by atoms with Crippen LogP contribution >= 0.6 is 24.0 Å². The minimum atomic E-state index is -0.266. The van der Waals surface area contributed by atoms with Crippen molar-refractivity contribution in [1.82, 2.24) is 15.5 Å². The average Bonchev–Trinajstić information content (AvgIpc) is 2.67. The van der Waals surface area contributed by atoms with E-state index >= 15 is 0 Å². The first-order chi connectivity index (χ1) is 13.0. The molecule has 2 unspecified atom stereocenters. The van der Waals surface area contributed by atoms with Gasteiger partial charge in [0.2, 0.25) is 0 Å². The van der Waals surface area contributed by atoms with Crippen molar-refractivity contribution in [2.24, 2.45) is 10.9 Å². The molecule has 0 saturated carbocycles. The molecule has 0 radical (unpaired) electrons. The van der Waals surface area contributed by atoms with Gasteiger partial charge < -0.3 is 20.1 Å². The van der Waals surface area contributed by atoms with Gasteiger partial charge in [0.15, 0.2) is 5.96 Å². The van der Waals surface area contributed by atoms with E-state index < -0.39 is 0 Å². The predicted molar refractivity (Wildman–Crippen MR) is 122 cm³/mol. The van der Waals surface area contributed by atoms with Gasteiger partial charge in [0.25, 0.3) is 0 Å². The molecule has 1 fully saturated rings. The molecule has 0 aromatic heterocycles. The molecule has 28 heavy (non-hydrogen) atoms. The molecule has 0 aliphatic carbocycles. The molecular formula is C20H34FIN4O2. The van der Waals surface area contributed by atoms with Crippen LogP contribution in [-0.2, 0) is 4.74 Å². The van der Waals surface area contributed by atoms with Gasteiger partial charge in [-0.15, -0.1) is 24.0 Å². The number of benzene rings is 1. The van der Waals surface area contributed by atoms with E-state index in [1.54, 1.807) is 19.2 Å². The third-order valence-electron chi connectivity index (χ3n) is 4.69. The molecule has 2 N–H and O–H groups in total. The van der Waals surface area contributed by atoms with Crippen LogP contribution in [0, 0.1) is 11.7 Å². The van der Waals surface area contributed by atoms with Crippen LogP contribution in [0.1, 0.15) is 20.8 Å². The first kappa shape index (κ1) is 24.9. The zero-order chi connectivity index (χ0) is 19.6. The molecule has 1 aliphatic rings. The van der Waals surface area contributed by atoms with Crippen LogP contribution in [0.15, 0.2) is 29.3 Å². The molecular weight excluding hydrogens is 474 g/mol. The number of nitrogens with zero attached hydrogens (tertiary/aromatic N) is 2. The summed E-state index contributed by atoms with van der Waals surface area (Å²) in [7, 11) is 1.76. The summed E-state index contributed by atoms with van der Waals surface area (Å²) < 4.78 is 24.2. The highest BCUT2D eigenvalue weighted by molar-refractivity contribution is 14.0. The fourth-order valence-corrected chi connectivity index (χ4v) is 3.14. The Balaban J connectivity index is 0.00000392. The Morgan fingerprint density at radius 2 is 1.75 bits per heavy atom. The van der Waals surface area contributed by atoms with Crippen molar-refractivity contribution >= 4 is 29.9 Å². The Kier molecular flexibility index (Phi) is 11.7. The van der Waals surface area contributed by atoms with Crippen LogP contribution in [0.5, 0.6) is 5.75 Å². The minimum absolute atomic E-state index is 0. The molecule has 160 valence electrons. The molecule has 0 spiro atoms. The smallest absolute Gasteiger partial charge is 0.191 e. The highest BCUT2D eigenvalue weighted by atomic mass is 127. The summed E-state index contributed by atoms with van der Waals surface area (Å²) >= 11 is 0. The lowest BCUT2D eigenvalue weighted by atomic mass is 10.0. The summed E-state index contributed by atoms with van der Waals surface area (Å²) in [4.78, 5) is 6.78. The van der Waals surface area contributed by atoms with E-state index in [2.05, 4.69) is 34.4 Å². The second kappa shape index (κ2) is 13.2. The van der Waals surface area contributed by atoms with Crippen LogP contribution in [0.2, 0.25) is 0 Å². The number of hydrogen-bond acceptors (Lipinski definition) is 4. The number of nitrogens with one attached hydrogen (secondary N) is 2. The van der Waals surface area contributed by atoms with Crippen molar-refractivity contribution in [3.8, 4) is 5.75 Å². The fraction of sp³-hybridized carbons (Fsp3) is 0.650. The van der Waals surface area contributed by atoms with Crippen LogP contribution in [-0.4, -0.2) is 69.4 Å². The van der Waals surface area contributed by atoms with Crippen molar-refractivity contribution < 1.29 is 13.9 Å². The van der Waals surface area contributed by atoms with Crippen LogP contribution in [0.4, 0.5) is 4.39 Å². The van der Waals surface area contributed by atoms with Crippen molar-refractivity contribution in [2.45, 2.75) is 32.9 Å². The van der Waals surface area contributed by atoms with Crippen molar-refractivity contribution in [1.29, 1.82) is 0 Å². The minimum Gasteiger partial charge on any atom is -0.489 e. The van der Waals surface area contributed by atoms with Crippen molar-refractivity contribution in [2.75, 3.05) is 46.4 Å². The quantitative estimate of drug-likeness (QED) is 0.322. The monoisotopic (exact) mass is 508 g/mol. The highest BCUT2D eigenvalue weighted by Gasteiger charge is 2.23. The molecule has 1 aromatic rings. The fourth-order valence-electron chi connectivity index (χ4n) is 3.14. The van der Waals surface area contributed by atoms with Gasteiger partial charge >= 0.3 is 0 Å². The molecule has 1 aliphatic heterocycles. The maximum Gasteiger partial charge on any atom is 0.191 e. The summed E-state index contributed by atoms with van der Waals surface area (Å²) in [5, 5.41) is 6.72. The number of rotatable bonds is 8.